The van der Waals surface area contributed by atoms with Crippen molar-refractivity contribution in [2.45, 2.75) is 31.9 Å². The van der Waals surface area contributed by atoms with E-state index in [1.165, 1.54) is 24.3 Å². The molecular formula is C19H20FNO4. The van der Waals surface area contributed by atoms with Crippen LogP contribution >= 0.6 is 0 Å². The highest BCUT2D eigenvalue weighted by Crippen LogP contribution is 2.24. The minimum absolute atomic E-state index is 0.0480. The Balaban J connectivity index is 2.04. The zero-order valence-corrected chi connectivity index (χ0v) is 13.8. The average Bonchev–Trinajstić information content (AvgIpc) is 2.62. The standard InChI is InChI=1S/C19H20FNO4/c1-2-16(14-8-10-15(20)11-9-14)17(18(22)23)21-19(24)25-12-13-6-4-3-5-7-13/h3-11,16-17H,2,12H2,1H3,(H,21,24)(H,22,23)/t16-,17-/m0/s1. The summed E-state index contributed by atoms with van der Waals surface area (Å²) in [6, 6.07) is 13.5. The smallest absolute Gasteiger partial charge is 0.408 e. The van der Waals surface area contributed by atoms with Crippen molar-refractivity contribution in [2.75, 3.05) is 0 Å². The summed E-state index contributed by atoms with van der Waals surface area (Å²) in [7, 11) is 0. The summed E-state index contributed by atoms with van der Waals surface area (Å²) in [6.07, 6.45) is -0.349. The Kier molecular flexibility index (Phi) is 6.51. The van der Waals surface area contributed by atoms with Crippen molar-refractivity contribution in [1.29, 1.82) is 0 Å². The van der Waals surface area contributed by atoms with E-state index >= 15 is 0 Å². The molecule has 0 spiro atoms. The van der Waals surface area contributed by atoms with Crippen LogP contribution in [-0.2, 0) is 16.1 Å². The quantitative estimate of drug-likeness (QED) is 0.802. The molecule has 2 aromatic rings. The molecule has 0 radical (unpaired) electrons. The second-order valence-electron chi connectivity index (χ2n) is 5.59. The lowest BCUT2D eigenvalue weighted by atomic mass is 9.89. The molecule has 132 valence electrons. The molecule has 6 heteroatoms. The fraction of sp³-hybridized carbons (Fsp3) is 0.263. The van der Waals surface area contributed by atoms with Crippen molar-refractivity contribution in [3.63, 3.8) is 0 Å². The van der Waals surface area contributed by atoms with Gasteiger partial charge in [0, 0.05) is 5.92 Å². The Morgan fingerprint density at radius 2 is 1.76 bits per heavy atom. The van der Waals surface area contributed by atoms with Gasteiger partial charge >= 0.3 is 12.1 Å². The van der Waals surface area contributed by atoms with E-state index in [1.54, 1.807) is 19.1 Å². The summed E-state index contributed by atoms with van der Waals surface area (Å²) in [6.45, 7) is 1.85. The highest BCUT2D eigenvalue weighted by Gasteiger charge is 2.30. The van der Waals surface area contributed by atoms with E-state index in [2.05, 4.69) is 5.32 Å². The van der Waals surface area contributed by atoms with E-state index in [4.69, 9.17) is 4.74 Å². The first-order valence-corrected chi connectivity index (χ1v) is 7.96. The van der Waals surface area contributed by atoms with Gasteiger partial charge in [-0.05, 0) is 29.7 Å². The van der Waals surface area contributed by atoms with Crippen LogP contribution in [0.5, 0.6) is 0 Å². The third-order valence-electron chi connectivity index (χ3n) is 3.89. The lowest BCUT2D eigenvalue weighted by molar-refractivity contribution is -0.140. The van der Waals surface area contributed by atoms with Crippen LogP contribution in [0.25, 0.3) is 0 Å². The Morgan fingerprint density at radius 1 is 1.12 bits per heavy atom. The van der Waals surface area contributed by atoms with Crippen LogP contribution in [0.3, 0.4) is 0 Å². The van der Waals surface area contributed by atoms with Crippen molar-refractivity contribution in [2.24, 2.45) is 0 Å². The van der Waals surface area contributed by atoms with Crippen molar-refractivity contribution < 1.29 is 23.8 Å². The number of ether oxygens (including phenoxy) is 1. The lowest BCUT2D eigenvalue weighted by Crippen LogP contribution is -2.45. The maximum atomic E-state index is 13.1. The number of rotatable bonds is 7. The van der Waals surface area contributed by atoms with Gasteiger partial charge in [0.1, 0.15) is 18.5 Å². The molecule has 0 aliphatic heterocycles. The molecule has 0 saturated heterocycles. The fourth-order valence-corrected chi connectivity index (χ4v) is 2.60. The van der Waals surface area contributed by atoms with Gasteiger partial charge in [-0.2, -0.15) is 0 Å². The van der Waals surface area contributed by atoms with Crippen LogP contribution in [0, 0.1) is 5.82 Å². The highest BCUT2D eigenvalue weighted by molar-refractivity contribution is 5.81. The predicted molar refractivity (Wildman–Crippen MR) is 90.6 cm³/mol. The second-order valence-corrected chi connectivity index (χ2v) is 5.59. The van der Waals surface area contributed by atoms with Crippen LogP contribution < -0.4 is 5.32 Å². The molecule has 2 aromatic carbocycles. The molecule has 2 rings (SSSR count). The number of carbonyl (C=O) groups is 2. The molecule has 0 unspecified atom stereocenters. The minimum atomic E-state index is -1.17. The number of alkyl carbamates (subject to hydrolysis) is 1. The molecule has 0 bridgehead atoms. The molecule has 0 aliphatic rings. The van der Waals surface area contributed by atoms with E-state index in [9.17, 15) is 19.1 Å². The van der Waals surface area contributed by atoms with Crippen LogP contribution in [-0.4, -0.2) is 23.2 Å². The highest BCUT2D eigenvalue weighted by atomic mass is 19.1. The van der Waals surface area contributed by atoms with Crippen LogP contribution in [0.1, 0.15) is 30.4 Å². The number of halogens is 1. The average molecular weight is 345 g/mol. The number of amides is 1. The summed E-state index contributed by atoms with van der Waals surface area (Å²) in [5, 5.41) is 11.9. The maximum Gasteiger partial charge on any atom is 0.408 e. The van der Waals surface area contributed by atoms with E-state index < -0.39 is 29.8 Å². The van der Waals surface area contributed by atoms with Gasteiger partial charge < -0.3 is 15.2 Å². The molecule has 5 nitrogen and oxygen atoms in total. The van der Waals surface area contributed by atoms with Crippen molar-refractivity contribution in [1.82, 2.24) is 5.32 Å². The summed E-state index contributed by atoms with van der Waals surface area (Å²) in [5.41, 5.74) is 1.44. The van der Waals surface area contributed by atoms with E-state index in [1.807, 2.05) is 18.2 Å². The van der Waals surface area contributed by atoms with E-state index in [-0.39, 0.29) is 6.61 Å². The molecule has 0 aromatic heterocycles. The molecule has 0 fully saturated rings. The summed E-state index contributed by atoms with van der Waals surface area (Å²) < 4.78 is 18.2. The second kappa shape index (κ2) is 8.82. The summed E-state index contributed by atoms with van der Waals surface area (Å²) in [5.74, 6) is -2.07. The molecule has 2 atom stereocenters. The first kappa shape index (κ1) is 18.4. The third kappa shape index (κ3) is 5.31. The number of carboxylic acid groups (broad SMARTS) is 1. The Labute approximate surface area is 145 Å². The zero-order valence-electron chi connectivity index (χ0n) is 13.8. The molecule has 0 heterocycles. The van der Waals surface area contributed by atoms with Crippen LogP contribution in [0.2, 0.25) is 0 Å². The Hall–Kier alpha value is -2.89. The van der Waals surface area contributed by atoms with Crippen molar-refractivity contribution in [3.8, 4) is 0 Å². The minimum Gasteiger partial charge on any atom is -0.480 e. The number of aliphatic carboxylic acids is 1. The number of hydrogen-bond acceptors (Lipinski definition) is 3. The summed E-state index contributed by atoms with van der Waals surface area (Å²) >= 11 is 0. The fourth-order valence-electron chi connectivity index (χ4n) is 2.60. The molecular weight excluding hydrogens is 325 g/mol. The number of carbonyl (C=O) groups excluding carboxylic acids is 1. The van der Waals surface area contributed by atoms with Crippen molar-refractivity contribution in [3.05, 3.63) is 71.5 Å². The molecule has 2 N–H and O–H groups in total. The SMILES string of the molecule is CC[C@@H](c1ccc(F)cc1)[C@H](NC(=O)OCc1ccccc1)C(=O)O. The first-order valence-electron chi connectivity index (χ1n) is 7.96. The summed E-state index contributed by atoms with van der Waals surface area (Å²) in [4.78, 5) is 23.6. The number of benzene rings is 2. The normalized spacial score (nSPS) is 12.9. The van der Waals surface area contributed by atoms with Gasteiger partial charge in [-0.15, -0.1) is 0 Å². The maximum absolute atomic E-state index is 13.1. The van der Waals surface area contributed by atoms with Gasteiger partial charge in [-0.25, -0.2) is 14.0 Å². The predicted octanol–water partition coefficient (Wildman–Crippen LogP) is 3.70. The lowest BCUT2D eigenvalue weighted by Gasteiger charge is -2.24. The number of hydrogen-bond donors (Lipinski definition) is 2. The largest absolute Gasteiger partial charge is 0.480 e. The Bertz CT molecular complexity index is 703. The third-order valence-corrected chi connectivity index (χ3v) is 3.89. The van der Waals surface area contributed by atoms with Gasteiger partial charge in [0.15, 0.2) is 0 Å². The molecule has 1 amide bonds. The van der Waals surface area contributed by atoms with Gasteiger partial charge in [-0.3, -0.25) is 0 Å². The van der Waals surface area contributed by atoms with E-state index in [0.717, 1.165) is 5.56 Å². The topological polar surface area (TPSA) is 75.6 Å². The number of nitrogens with one attached hydrogen (secondary N) is 1. The van der Waals surface area contributed by atoms with Crippen molar-refractivity contribution >= 4 is 12.1 Å². The number of carboxylic acids is 1. The Morgan fingerprint density at radius 3 is 2.32 bits per heavy atom. The van der Waals surface area contributed by atoms with Gasteiger partial charge in [0.05, 0.1) is 0 Å². The molecule has 0 saturated carbocycles. The molecule has 0 aliphatic carbocycles. The first-order chi connectivity index (χ1) is 12.0. The monoisotopic (exact) mass is 345 g/mol. The van der Waals surface area contributed by atoms with E-state index in [0.29, 0.717) is 12.0 Å². The molecule has 25 heavy (non-hydrogen) atoms. The zero-order chi connectivity index (χ0) is 18.2. The van der Waals surface area contributed by atoms with Gasteiger partial charge in [0.25, 0.3) is 0 Å². The van der Waals surface area contributed by atoms with Crippen LogP contribution in [0.15, 0.2) is 54.6 Å². The van der Waals surface area contributed by atoms with Crippen LogP contribution in [0.4, 0.5) is 9.18 Å². The van der Waals surface area contributed by atoms with Gasteiger partial charge in [0.2, 0.25) is 0 Å². The van der Waals surface area contributed by atoms with Gasteiger partial charge in [-0.1, -0.05) is 49.4 Å².